The Labute approximate surface area is 154 Å². The predicted molar refractivity (Wildman–Crippen MR) is 101 cm³/mol. The molecule has 2 aromatic rings. The third-order valence-electron chi connectivity index (χ3n) is 3.18. The van der Waals surface area contributed by atoms with Crippen molar-refractivity contribution in [3.05, 3.63) is 71.8 Å². The van der Waals surface area contributed by atoms with Crippen molar-refractivity contribution >= 4 is 18.4 Å². The van der Waals surface area contributed by atoms with Gasteiger partial charge in [-0.05, 0) is 27.7 Å². The van der Waals surface area contributed by atoms with Crippen molar-refractivity contribution < 1.29 is 24.6 Å². The molecular weight excluding hydrogens is 332 g/mol. The van der Waals surface area contributed by atoms with Crippen molar-refractivity contribution in [1.29, 1.82) is 0 Å². The highest BCUT2D eigenvalue weighted by molar-refractivity contribution is 6.02. The summed E-state index contributed by atoms with van der Waals surface area (Å²) in [5, 5.41) is 18.8. The smallest absolute Gasteiger partial charge is 0.193 e. The van der Waals surface area contributed by atoms with E-state index in [1.165, 1.54) is 27.7 Å². The number of rotatable bonds is 4. The summed E-state index contributed by atoms with van der Waals surface area (Å²) in [6.07, 6.45) is 0. The molecule has 2 N–H and O–H groups in total. The lowest BCUT2D eigenvalue weighted by Gasteiger charge is -2.14. The van der Waals surface area contributed by atoms with Gasteiger partial charge in [0.2, 0.25) is 0 Å². The average Bonchev–Trinajstić information content (AvgIpc) is 2.62. The molecular formula is C21H26O5. The largest absolute Gasteiger partial charge is 0.382 e. The quantitative estimate of drug-likeness (QED) is 0.820. The molecule has 0 atom stereocenters. The predicted octanol–water partition coefficient (Wildman–Crippen LogP) is 3.10. The van der Waals surface area contributed by atoms with E-state index in [0.29, 0.717) is 11.1 Å². The lowest BCUT2D eigenvalue weighted by atomic mass is 9.97. The molecule has 0 aliphatic carbocycles. The first kappa shape index (κ1) is 23.4. The number of hydrogen-bond acceptors (Lipinski definition) is 5. The van der Waals surface area contributed by atoms with E-state index in [1.807, 2.05) is 18.9 Å². The maximum atomic E-state index is 11.4. The minimum Gasteiger partial charge on any atom is -0.382 e. The van der Waals surface area contributed by atoms with Crippen LogP contribution >= 0.6 is 0 Å². The van der Waals surface area contributed by atoms with Crippen LogP contribution in [-0.2, 0) is 4.79 Å². The number of hydrogen-bond donors (Lipinski definition) is 2. The van der Waals surface area contributed by atoms with Crippen LogP contribution in [-0.4, -0.2) is 39.8 Å². The van der Waals surface area contributed by atoms with Gasteiger partial charge in [-0.1, -0.05) is 60.7 Å². The Balaban J connectivity index is 0.000000439. The summed E-state index contributed by atoms with van der Waals surface area (Å²) in [6, 6.07) is 17.6. The summed E-state index contributed by atoms with van der Waals surface area (Å²) in [5.74, 6) is -0.494. The van der Waals surface area contributed by atoms with Crippen molar-refractivity contribution in [3.63, 3.8) is 0 Å². The van der Waals surface area contributed by atoms with Gasteiger partial charge in [0.25, 0.3) is 0 Å². The second kappa shape index (κ2) is 10.4. The first-order valence-corrected chi connectivity index (χ1v) is 7.97. The highest BCUT2D eigenvalue weighted by Gasteiger charge is 2.25. The molecule has 0 saturated carbocycles. The summed E-state index contributed by atoms with van der Waals surface area (Å²) in [7, 11) is 0. The fraction of sp³-hybridized carbons (Fsp3) is 0.286. The Morgan fingerprint density at radius 1 is 0.654 bits per heavy atom. The van der Waals surface area contributed by atoms with Crippen LogP contribution in [0.3, 0.4) is 0 Å². The van der Waals surface area contributed by atoms with E-state index >= 15 is 0 Å². The summed E-state index contributed by atoms with van der Waals surface area (Å²) in [6.45, 7) is 7.95. The number of Topliss-reactive ketones (excluding diaryl/α,β-unsaturated/α-hetero) is 2. The molecule has 140 valence electrons. The van der Waals surface area contributed by atoms with Gasteiger partial charge in [0.1, 0.15) is 18.0 Å². The van der Waals surface area contributed by atoms with Crippen LogP contribution < -0.4 is 0 Å². The molecule has 2 rings (SSSR count). The zero-order valence-electron chi connectivity index (χ0n) is 15.6. The number of aliphatic hydroxyl groups is 2. The molecule has 5 nitrogen and oxygen atoms in total. The van der Waals surface area contributed by atoms with Crippen LogP contribution in [0, 0.1) is 0 Å². The number of benzene rings is 2. The molecule has 26 heavy (non-hydrogen) atoms. The first-order valence-electron chi connectivity index (χ1n) is 7.97. The molecule has 0 amide bonds. The molecule has 0 unspecified atom stereocenters. The zero-order chi connectivity index (χ0) is 20.4. The van der Waals surface area contributed by atoms with Crippen LogP contribution in [0.25, 0.3) is 0 Å². The maximum Gasteiger partial charge on any atom is 0.193 e. The van der Waals surface area contributed by atoms with Crippen LogP contribution in [0.1, 0.15) is 48.4 Å². The van der Waals surface area contributed by atoms with Crippen molar-refractivity contribution in [2.24, 2.45) is 0 Å². The van der Waals surface area contributed by atoms with Gasteiger partial charge in [-0.15, -0.1) is 0 Å². The summed E-state index contributed by atoms with van der Waals surface area (Å²) in [5.41, 5.74) is -1.46. The van der Waals surface area contributed by atoms with E-state index in [4.69, 9.17) is 4.79 Å². The number of ketones is 2. The number of carbonyl (C=O) groups excluding carboxylic acids is 3. The zero-order valence-corrected chi connectivity index (χ0v) is 15.6. The van der Waals surface area contributed by atoms with Gasteiger partial charge in [-0.3, -0.25) is 9.59 Å². The van der Waals surface area contributed by atoms with Crippen LogP contribution in [0.15, 0.2) is 60.7 Å². The Morgan fingerprint density at radius 2 is 0.885 bits per heavy atom. The van der Waals surface area contributed by atoms with E-state index in [9.17, 15) is 19.8 Å². The Hall–Kier alpha value is -2.63. The van der Waals surface area contributed by atoms with Gasteiger partial charge in [-0.25, -0.2) is 0 Å². The molecule has 0 fully saturated rings. The second-order valence-electron chi connectivity index (χ2n) is 6.51. The summed E-state index contributed by atoms with van der Waals surface area (Å²) < 4.78 is 0. The van der Waals surface area contributed by atoms with Crippen LogP contribution in [0.2, 0.25) is 0 Å². The van der Waals surface area contributed by atoms with Crippen LogP contribution in [0.4, 0.5) is 0 Å². The summed E-state index contributed by atoms with van der Waals surface area (Å²) in [4.78, 5) is 30.8. The maximum absolute atomic E-state index is 11.4. The second-order valence-corrected chi connectivity index (χ2v) is 6.51. The molecule has 0 saturated heterocycles. The van der Waals surface area contributed by atoms with Gasteiger partial charge >= 0.3 is 0 Å². The first-order chi connectivity index (χ1) is 12.0. The summed E-state index contributed by atoms with van der Waals surface area (Å²) >= 11 is 0. The van der Waals surface area contributed by atoms with Crippen molar-refractivity contribution in [1.82, 2.24) is 0 Å². The molecule has 2 aromatic carbocycles. The molecule has 0 spiro atoms. The highest BCUT2D eigenvalue weighted by Crippen LogP contribution is 2.12. The molecule has 0 bridgehead atoms. The Kier molecular flexibility index (Phi) is 9.33. The van der Waals surface area contributed by atoms with Crippen molar-refractivity contribution in [2.45, 2.75) is 38.9 Å². The average molecular weight is 358 g/mol. The Morgan fingerprint density at radius 3 is 1.08 bits per heavy atom. The van der Waals surface area contributed by atoms with E-state index in [0.717, 1.165) is 0 Å². The van der Waals surface area contributed by atoms with E-state index in [1.54, 1.807) is 48.5 Å². The van der Waals surface area contributed by atoms with E-state index in [2.05, 4.69) is 0 Å². The molecule has 0 aliphatic rings. The minimum atomic E-state index is -1.28. The Bertz CT molecular complexity index is 618. The fourth-order valence-corrected chi connectivity index (χ4v) is 1.89. The molecule has 0 radical (unpaired) electrons. The minimum absolute atomic E-state index is 0.247. The SMILES string of the molecule is C=O.CC(C)(O)C(=O)c1ccccc1.CC(C)(O)C(=O)c1ccccc1. The molecule has 0 aliphatic heterocycles. The normalized spacial score (nSPS) is 10.5. The van der Waals surface area contributed by atoms with Gasteiger partial charge < -0.3 is 15.0 Å². The lowest BCUT2D eigenvalue weighted by Crippen LogP contribution is -2.30. The fourth-order valence-electron chi connectivity index (χ4n) is 1.89. The van der Waals surface area contributed by atoms with Gasteiger partial charge in [0, 0.05) is 11.1 Å². The molecule has 5 heteroatoms. The standard InChI is InChI=1S/2C10H12O2.CH2O/c2*1-10(2,12)9(11)8-6-4-3-5-7-8;1-2/h2*3-7,12H,1-2H3;1H2. The van der Waals surface area contributed by atoms with Gasteiger partial charge in [0.15, 0.2) is 11.6 Å². The van der Waals surface area contributed by atoms with Crippen molar-refractivity contribution in [2.75, 3.05) is 0 Å². The monoisotopic (exact) mass is 358 g/mol. The third-order valence-corrected chi connectivity index (χ3v) is 3.18. The molecule has 0 aromatic heterocycles. The molecule has 0 heterocycles. The number of carbonyl (C=O) groups is 3. The lowest BCUT2D eigenvalue weighted by molar-refractivity contribution is -0.0980. The highest BCUT2D eigenvalue weighted by atomic mass is 16.3. The van der Waals surface area contributed by atoms with Gasteiger partial charge in [0.05, 0.1) is 0 Å². The van der Waals surface area contributed by atoms with Crippen molar-refractivity contribution in [3.8, 4) is 0 Å². The van der Waals surface area contributed by atoms with Crippen LogP contribution in [0.5, 0.6) is 0 Å². The van der Waals surface area contributed by atoms with E-state index in [-0.39, 0.29) is 11.6 Å². The third kappa shape index (κ3) is 7.96. The topological polar surface area (TPSA) is 91.7 Å². The van der Waals surface area contributed by atoms with E-state index < -0.39 is 11.2 Å². The van der Waals surface area contributed by atoms with Gasteiger partial charge in [-0.2, -0.15) is 0 Å².